The Bertz CT molecular complexity index is 1370. The molecule has 2 amide bonds. The molecule has 2 fully saturated rings. The number of nitrogens with zero attached hydrogens (tertiary/aromatic N) is 2. The fourth-order valence-electron chi connectivity index (χ4n) is 6.99. The molecule has 1 unspecified atom stereocenters. The first-order valence-corrected chi connectivity index (χ1v) is 14.8. The number of cyclic esters (lactones) is 1. The van der Waals surface area contributed by atoms with Crippen molar-refractivity contribution in [1.29, 1.82) is 0 Å². The van der Waals surface area contributed by atoms with E-state index in [1.807, 2.05) is 80.6 Å². The first kappa shape index (κ1) is 26.8. The summed E-state index contributed by atoms with van der Waals surface area (Å²) >= 11 is 1.52. The zero-order valence-electron chi connectivity index (χ0n) is 22.7. The van der Waals surface area contributed by atoms with E-state index in [0.717, 1.165) is 35.2 Å². The topological polar surface area (TPSA) is 87.2 Å². The molecule has 0 saturated carbocycles. The van der Waals surface area contributed by atoms with Crippen LogP contribution >= 0.6 is 11.8 Å². The van der Waals surface area contributed by atoms with E-state index in [2.05, 4.69) is 6.08 Å². The van der Waals surface area contributed by atoms with Crippen molar-refractivity contribution in [3.63, 3.8) is 0 Å². The number of thioether (sulfide) groups is 1. The molecule has 4 heterocycles. The van der Waals surface area contributed by atoms with Crippen molar-refractivity contribution in [2.24, 2.45) is 11.8 Å². The predicted octanol–water partition coefficient (Wildman–Crippen LogP) is 4.13. The first-order chi connectivity index (χ1) is 19.4. The second-order valence-corrected chi connectivity index (χ2v) is 12.5. The Labute approximate surface area is 238 Å². The number of fused-ring (bicyclic) bond motifs is 2. The number of ether oxygens (including phenoxy) is 1. The molecular formula is C32H34N2O5S. The Morgan fingerprint density at radius 2 is 1.77 bits per heavy atom. The Hall–Kier alpha value is -3.36. The van der Waals surface area contributed by atoms with Gasteiger partial charge in [0.1, 0.15) is 6.04 Å². The Morgan fingerprint density at radius 1 is 1.02 bits per heavy atom. The van der Waals surface area contributed by atoms with E-state index in [-0.39, 0.29) is 23.7 Å². The second-order valence-electron chi connectivity index (χ2n) is 11.0. The molecule has 7 nitrogen and oxygen atoms in total. The number of hydrogen-bond donors (Lipinski definition) is 1. The average molecular weight is 559 g/mol. The molecule has 2 aromatic carbocycles. The predicted molar refractivity (Wildman–Crippen MR) is 155 cm³/mol. The van der Waals surface area contributed by atoms with E-state index in [1.165, 1.54) is 11.8 Å². The van der Waals surface area contributed by atoms with Gasteiger partial charge in [-0.25, -0.2) is 0 Å². The molecule has 4 aliphatic heterocycles. The fraction of sp³-hybridized carbons (Fsp3) is 0.406. The summed E-state index contributed by atoms with van der Waals surface area (Å²) in [5.74, 6) is -2.41. The van der Waals surface area contributed by atoms with Crippen LogP contribution in [-0.2, 0) is 19.1 Å². The summed E-state index contributed by atoms with van der Waals surface area (Å²) in [4.78, 5) is 46.3. The third-order valence-corrected chi connectivity index (χ3v) is 10.4. The highest BCUT2D eigenvalue weighted by atomic mass is 32.2. The zero-order chi connectivity index (χ0) is 28.0. The molecule has 0 aliphatic carbocycles. The van der Waals surface area contributed by atoms with Gasteiger partial charge in [0.05, 0.1) is 35.8 Å². The van der Waals surface area contributed by atoms with Crippen LogP contribution in [0.25, 0.3) is 0 Å². The van der Waals surface area contributed by atoms with E-state index in [4.69, 9.17) is 4.74 Å². The van der Waals surface area contributed by atoms with Crippen LogP contribution in [0.1, 0.15) is 35.6 Å². The van der Waals surface area contributed by atoms with Gasteiger partial charge < -0.3 is 19.6 Å². The van der Waals surface area contributed by atoms with E-state index in [9.17, 15) is 19.5 Å². The van der Waals surface area contributed by atoms with Crippen LogP contribution in [0.5, 0.6) is 0 Å². The lowest BCUT2D eigenvalue weighted by atomic mass is 9.78. The van der Waals surface area contributed by atoms with Gasteiger partial charge in [0.2, 0.25) is 5.91 Å². The number of carbonyl (C=O) groups excluding carboxylic acids is 3. The maximum atomic E-state index is 14.8. The Morgan fingerprint density at radius 3 is 2.50 bits per heavy atom. The van der Waals surface area contributed by atoms with Crippen LogP contribution < -0.4 is 4.90 Å². The molecule has 6 atom stereocenters. The molecule has 1 spiro atoms. The third kappa shape index (κ3) is 4.11. The van der Waals surface area contributed by atoms with Gasteiger partial charge in [-0.2, -0.15) is 0 Å². The highest BCUT2D eigenvalue weighted by Crippen LogP contribution is 2.62. The molecule has 0 bridgehead atoms. The van der Waals surface area contributed by atoms with E-state index in [0.29, 0.717) is 13.2 Å². The molecule has 8 heteroatoms. The summed E-state index contributed by atoms with van der Waals surface area (Å²) in [5.41, 5.74) is 3.51. The Kier molecular flexibility index (Phi) is 7.09. The number of esters is 1. The number of para-hydroxylation sites is 1. The standard InChI is InChI=1S/C32H34N2O5S/c1-20-11-9-12-21(2)27(20)33-17-10-16-32-26(25-24(40-32)15-7-4-8-18-39-31(25)38)29(36)34(28(32)30(33)37)23(19-35)22-13-5-3-6-14-22/h3,5-7,9-16,23-26,28,35H,4,8,17-19H2,1-2H3/b15-7-/t23-,24-,25+,26+,28?,32+/m1/s1. The minimum atomic E-state index is -0.987. The van der Waals surface area contributed by atoms with E-state index < -0.39 is 34.6 Å². The number of rotatable bonds is 4. The van der Waals surface area contributed by atoms with Gasteiger partial charge in [-0.1, -0.05) is 72.8 Å². The van der Waals surface area contributed by atoms with Crippen LogP contribution in [0, 0.1) is 25.7 Å². The van der Waals surface area contributed by atoms with Crippen LogP contribution in [-0.4, -0.2) is 63.6 Å². The number of likely N-dealkylation sites (tertiary alicyclic amines) is 1. The summed E-state index contributed by atoms with van der Waals surface area (Å²) in [6, 6.07) is 13.6. The van der Waals surface area contributed by atoms with Crippen LogP contribution in [0.4, 0.5) is 5.69 Å². The summed E-state index contributed by atoms with van der Waals surface area (Å²) in [7, 11) is 0. The first-order valence-electron chi connectivity index (χ1n) is 13.9. The number of aryl methyl sites for hydroxylation is 2. The molecule has 40 heavy (non-hydrogen) atoms. The van der Waals surface area contributed by atoms with Crippen molar-refractivity contribution in [3.05, 3.63) is 89.5 Å². The van der Waals surface area contributed by atoms with Gasteiger partial charge in [-0.15, -0.1) is 11.8 Å². The van der Waals surface area contributed by atoms with Crippen molar-refractivity contribution < 1.29 is 24.2 Å². The minimum Gasteiger partial charge on any atom is -0.465 e. The maximum Gasteiger partial charge on any atom is 0.311 e. The van der Waals surface area contributed by atoms with Crippen molar-refractivity contribution in [2.45, 2.75) is 48.8 Å². The molecule has 6 rings (SSSR count). The number of carbonyl (C=O) groups is 3. The Balaban J connectivity index is 1.54. The number of anilines is 1. The lowest BCUT2D eigenvalue weighted by molar-refractivity contribution is -0.153. The maximum absolute atomic E-state index is 14.8. The smallest absolute Gasteiger partial charge is 0.311 e. The van der Waals surface area contributed by atoms with Crippen molar-refractivity contribution in [2.75, 3.05) is 24.7 Å². The third-order valence-electron chi connectivity index (χ3n) is 8.69. The molecule has 4 aliphatic rings. The number of allylic oxidation sites excluding steroid dienone is 1. The summed E-state index contributed by atoms with van der Waals surface area (Å²) in [6.45, 7) is 4.27. The van der Waals surface area contributed by atoms with E-state index in [1.54, 1.807) is 9.80 Å². The van der Waals surface area contributed by atoms with Crippen molar-refractivity contribution >= 4 is 35.2 Å². The van der Waals surface area contributed by atoms with Crippen molar-refractivity contribution in [1.82, 2.24) is 4.90 Å². The van der Waals surface area contributed by atoms with Gasteiger partial charge in [-0.05, 0) is 43.4 Å². The van der Waals surface area contributed by atoms with Gasteiger partial charge >= 0.3 is 5.97 Å². The summed E-state index contributed by atoms with van der Waals surface area (Å²) < 4.78 is 4.68. The zero-order valence-corrected chi connectivity index (χ0v) is 23.5. The number of benzene rings is 2. The largest absolute Gasteiger partial charge is 0.465 e. The van der Waals surface area contributed by atoms with Crippen LogP contribution in [0.15, 0.2) is 72.8 Å². The quantitative estimate of drug-likeness (QED) is 0.449. The molecular weight excluding hydrogens is 524 g/mol. The van der Waals surface area contributed by atoms with Gasteiger partial charge in [-0.3, -0.25) is 14.4 Å². The highest BCUT2D eigenvalue weighted by molar-refractivity contribution is 8.02. The van der Waals surface area contributed by atoms with Crippen LogP contribution in [0.3, 0.4) is 0 Å². The number of aliphatic hydroxyl groups excluding tert-OH is 1. The fourth-order valence-corrected chi connectivity index (χ4v) is 8.98. The van der Waals surface area contributed by atoms with Gasteiger partial charge in [0.15, 0.2) is 0 Å². The molecule has 208 valence electrons. The molecule has 1 N–H and O–H groups in total. The SMILES string of the molecule is Cc1cccc(C)c1N1CC=C[C@]23S[C@@H]4/C=C\CCCOC(=O)[C@@H]4[C@H]2C(=O)N([C@H](CO)c2ccccc2)C3C1=O. The number of amides is 2. The van der Waals surface area contributed by atoms with E-state index >= 15 is 0 Å². The minimum absolute atomic E-state index is 0.205. The summed E-state index contributed by atoms with van der Waals surface area (Å²) in [5, 5.41) is 10.4. The molecule has 0 aromatic heterocycles. The lowest BCUT2D eigenvalue weighted by Crippen LogP contribution is -2.54. The molecule has 2 aromatic rings. The van der Waals surface area contributed by atoms with Crippen molar-refractivity contribution in [3.8, 4) is 0 Å². The number of aliphatic hydroxyl groups is 1. The normalized spacial score (nSPS) is 31.3. The van der Waals surface area contributed by atoms with Crippen LogP contribution in [0.2, 0.25) is 0 Å². The monoisotopic (exact) mass is 558 g/mol. The molecule has 0 radical (unpaired) electrons. The van der Waals surface area contributed by atoms with Gasteiger partial charge in [0.25, 0.3) is 5.91 Å². The second kappa shape index (κ2) is 10.6. The number of hydrogen-bond acceptors (Lipinski definition) is 6. The lowest BCUT2D eigenvalue weighted by Gasteiger charge is -2.39. The summed E-state index contributed by atoms with van der Waals surface area (Å²) in [6.07, 6.45) is 9.57. The molecule has 2 saturated heterocycles. The van der Waals surface area contributed by atoms with Gasteiger partial charge in [0, 0.05) is 17.5 Å². The average Bonchev–Trinajstić information content (AvgIpc) is 3.36. The highest BCUT2D eigenvalue weighted by Gasteiger charge is 2.72.